The lowest BCUT2D eigenvalue weighted by Crippen LogP contribution is -2.29. The number of fused-ring (bicyclic) bond motifs is 1. The van der Waals surface area contributed by atoms with Gasteiger partial charge in [-0.3, -0.25) is 19.0 Å². The predicted octanol–water partition coefficient (Wildman–Crippen LogP) is 0.535. The smallest absolute Gasteiger partial charge is 0.328 e. The number of anilines is 1. The molecule has 0 aliphatic rings. The molecule has 0 saturated heterocycles. The molecule has 0 unspecified atom stereocenters. The Labute approximate surface area is 119 Å². The van der Waals surface area contributed by atoms with Crippen molar-refractivity contribution in [3.8, 4) is 0 Å². The molecular formula is C14H15N5O2. The fourth-order valence-corrected chi connectivity index (χ4v) is 2.24. The van der Waals surface area contributed by atoms with Crippen molar-refractivity contribution in [1.82, 2.24) is 19.3 Å². The summed E-state index contributed by atoms with van der Waals surface area (Å²) in [6, 6.07) is 9.79. The van der Waals surface area contributed by atoms with Gasteiger partial charge in [-0.1, -0.05) is 18.2 Å². The first kappa shape index (κ1) is 13.2. The van der Waals surface area contributed by atoms with E-state index in [2.05, 4.69) is 15.4 Å². The Morgan fingerprint density at radius 3 is 2.76 bits per heavy atom. The lowest BCUT2D eigenvalue weighted by Gasteiger charge is -2.07. The molecule has 0 radical (unpaired) electrons. The molecule has 7 nitrogen and oxygen atoms in total. The molecule has 0 saturated carbocycles. The van der Waals surface area contributed by atoms with Gasteiger partial charge in [0.15, 0.2) is 5.52 Å². The van der Waals surface area contributed by atoms with E-state index in [0.29, 0.717) is 24.1 Å². The molecular weight excluding hydrogens is 270 g/mol. The molecule has 2 heterocycles. The SMILES string of the molecule is Cn1c(=O)[nH]c(=O)c2c1cnn2CCNc1ccccc1. The first-order valence-electron chi connectivity index (χ1n) is 6.60. The summed E-state index contributed by atoms with van der Waals surface area (Å²) >= 11 is 0. The molecule has 0 aliphatic heterocycles. The van der Waals surface area contributed by atoms with Crippen LogP contribution in [0.5, 0.6) is 0 Å². The molecule has 7 heteroatoms. The zero-order valence-electron chi connectivity index (χ0n) is 11.5. The van der Waals surface area contributed by atoms with Crippen LogP contribution in [0.3, 0.4) is 0 Å². The zero-order valence-corrected chi connectivity index (χ0v) is 11.5. The van der Waals surface area contributed by atoms with Crippen LogP contribution < -0.4 is 16.6 Å². The van der Waals surface area contributed by atoms with Crippen LogP contribution in [0.1, 0.15) is 0 Å². The maximum absolute atomic E-state index is 11.9. The highest BCUT2D eigenvalue weighted by Crippen LogP contribution is 2.07. The molecule has 2 aromatic heterocycles. The van der Waals surface area contributed by atoms with Crippen LogP contribution in [-0.4, -0.2) is 25.9 Å². The third kappa shape index (κ3) is 2.45. The second-order valence-corrected chi connectivity index (χ2v) is 4.71. The van der Waals surface area contributed by atoms with Crippen LogP contribution in [0.2, 0.25) is 0 Å². The Hall–Kier alpha value is -2.83. The number of H-pyrrole nitrogens is 1. The molecule has 0 fully saturated rings. The van der Waals surface area contributed by atoms with Crippen molar-refractivity contribution >= 4 is 16.7 Å². The minimum Gasteiger partial charge on any atom is -0.383 e. The first-order valence-corrected chi connectivity index (χ1v) is 6.60. The molecule has 3 aromatic rings. The van der Waals surface area contributed by atoms with Gasteiger partial charge < -0.3 is 5.32 Å². The number of hydrogen-bond acceptors (Lipinski definition) is 4. The maximum atomic E-state index is 11.9. The molecule has 0 bridgehead atoms. The van der Waals surface area contributed by atoms with Gasteiger partial charge >= 0.3 is 5.69 Å². The molecule has 108 valence electrons. The van der Waals surface area contributed by atoms with Crippen LogP contribution in [0.15, 0.2) is 46.1 Å². The largest absolute Gasteiger partial charge is 0.383 e. The molecule has 2 N–H and O–H groups in total. The molecule has 0 aliphatic carbocycles. The van der Waals surface area contributed by atoms with Crippen LogP contribution in [0.25, 0.3) is 11.0 Å². The second kappa shape index (κ2) is 5.28. The second-order valence-electron chi connectivity index (χ2n) is 4.71. The number of aromatic nitrogens is 4. The molecule has 3 rings (SSSR count). The standard InChI is InChI=1S/C14H15N5O2/c1-18-11-9-16-19(12(11)13(20)17-14(18)21)8-7-15-10-5-3-2-4-6-10/h2-6,9,15H,7-8H2,1H3,(H,17,20,21). The van der Waals surface area contributed by atoms with Crippen molar-refractivity contribution < 1.29 is 0 Å². The highest BCUT2D eigenvalue weighted by atomic mass is 16.2. The zero-order chi connectivity index (χ0) is 14.8. The lowest BCUT2D eigenvalue weighted by molar-refractivity contribution is 0.656. The third-order valence-electron chi connectivity index (χ3n) is 3.35. The summed E-state index contributed by atoms with van der Waals surface area (Å²) in [7, 11) is 1.61. The van der Waals surface area contributed by atoms with E-state index in [4.69, 9.17) is 0 Å². The Kier molecular flexibility index (Phi) is 3.31. The molecule has 21 heavy (non-hydrogen) atoms. The number of nitrogens with one attached hydrogen (secondary N) is 2. The van der Waals surface area contributed by atoms with Gasteiger partial charge in [0.25, 0.3) is 5.56 Å². The summed E-state index contributed by atoms with van der Waals surface area (Å²) in [5.74, 6) is 0. The number of aryl methyl sites for hydroxylation is 1. The Morgan fingerprint density at radius 1 is 1.24 bits per heavy atom. The van der Waals surface area contributed by atoms with Crippen molar-refractivity contribution in [3.63, 3.8) is 0 Å². The van der Waals surface area contributed by atoms with Gasteiger partial charge in [-0.05, 0) is 12.1 Å². The summed E-state index contributed by atoms with van der Waals surface area (Å²) < 4.78 is 2.98. The monoisotopic (exact) mass is 285 g/mol. The van der Waals surface area contributed by atoms with Crippen LogP contribution >= 0.6 is 0 Å². The van der Waals surface area contributed by atoms with E-state index >= 15 is 0 Å². The van der Waals surface area contributed by atoms with E-state index in [1.807, 2.05) is 30.3 Å². The summed E-state index contributed by atoms with van der Waals surface area (Å²) in [5, 5.41) is 7.44. The lowest BCUT2D eigenvalue weighted by atomic mass is 10.3. The van der Waals surface area contributed by atoms with Crippen LogP contribution in [-0.2, 0) is 13.6 Å². The van der Waals surface area contributed by atoms with Crippen molar-refractivity contribution in [1.29, 1.82) is 0 Å². The van der Waals surface area contributed by atoms with E-state index in [0.717, 1.165) is 5.69 Å². The summed E-state index contributed by atoms with van der Waals surface area (Å²) in [5.41, 5.74) is 1.10. The highest BCUT2D eigenvalue weighted by molar-refractivity contribution is 5.73. The molecule has 0 atom stereocenters. The van der Waals surface area contributed by atoms with E-state index in [-0.39, 0.29) is 0 Å². The number of aromatic amines is 1. The van der Waals surface area contributed by atoms with Crippen molar-refractivity contribution in [2.24, 2.45) is 7.05 Å². The highest BCUT2D eigenvalue weighted by Gasteiger charge is 2.10. The maximum Gasteiger partial charge on any atom is 0.328 e. The van der Waals surface area contributed by atoms with Gasteiger partial charge in [-0.15, -0.1) is 0 Å². The average Bonchev–Trinajstić information content (AvgIpc) is 2.91. The van der Waals surface area contributed by atoms with Gasteiger partial charge in [-0.25, -0.2) is 4.79 Å². The average molecular weight is 285 g/mol. The van der Waals surface area contributed by atoms with Crippen LogP contribution in [0, 0.1) is 0 Å². The summed E-state index contributed by atoms with van der Waals surface area (Å²) in [6.45, 7) is 1.16. The fraction of sp³-hybridized carbons (Fsp3) is 0.214. The van der Waals surface area contributed by atoms with E-state index < -0.39 is 11.2 Å². The minimum atomic E-state index is -0.436. The van der Waals surface area contributed by atoms with Gasteiger partial charge in [0.05, 0.1) is 18.3 Å². The van der Waals surface area contributed by atoms with Crippen LogP contribution in [0.4, 0.5) is 5.69 Å². The van der Waals surface area contributed by atoms with Crippen molar-refractivity contribution in [3.05, 3.63) is 57.4 Å². The van der Waals surface area contributed by atoms with Gasteiger partial charge in [0.1, 0.15) is 0 Å². The number of benzene rings is 1. The number of rotatable bonds is 4. The Balaban J connectivity index is 1.84. The Morgan fingerprint density at radius 2 is 2.00 bits per heavy atom. The minimum absolute atomic E-state index is 0.409. The third-order valence-corrected chi connectivity index (χ3v) is 3.35. The number of para-hydroxylation sites is 1. The topological polar surface area (TPSA) is 84.7 Å². The number of hydrogen-bond donors (Lipinski definition) is 2. The molecule has 0 amide bonds. The van der Waals surface area contributed by atoms with Crippen molar-refractivity contribution in [2.75, 3.05) is 11.9 Å². The van der Waals surface area contributed by atoms with Gasteiger partial charge in [0, 0.05) is 19.3 Å². The number of nitrogens with zero attached hydrogens (tertiary/aromatic N) is 3. The summed E-state index contributed by atoms with van der Waals surface area (Å²) in [6.07, 6.45) is 1.54. The Bertz CT molecular complexity index is 876. The van der Waals surface area contributed by atoms with Gasteiger partial charge in [0.2, 0.25) is 0 Å². The van der Waals surface area contributed by atoms with Crippen molar-refractivity contribution in [2.45, 2.75) is 6.54 Å². The first-order chi connectivity index (χ1) is 10.2. The molecule has 1 aromatic carbocycles. The fourth-order valence-electron chi connectivity index (χ4n) is 2.24. The van der Waals surface area contributed by atoms with E-state index in [1.54, 1.807) is 11.7 Å². The predicted molar refractivity (Wildman–Crippen MR) is 80.5 cm³/mol. The quantitative estimate of drug-likeness (QED) is 0.732. The molecule has 0 spiro atoms. The normalized spacial score (nSPS) is 10.9. The summed E-state index contributed by atoms with van der Waals surface area (Å²) in [4.78, 5) is 25.7. The van der Waals surface area contributed by atoms with Gasteiger partial charge in [-0.2, -0.15) is 5.10 Å². The van der Waals surface area contributed by atoms with E-state index in [9.17, 15) is 9.59 Å². The van der Waals surface area contributed by atoms with E-state index in [1.165, 1.54) is 10.8 Å².